The molecule has 0 aliphatic heterocycles. The van der Waals surface area contributed by atoms with Crippen LogP contribution in [-0.2, 0) is 0 Å². The van der Waals surface area contributed by atoms with E-state index in [-0.39, 0.29) is 17.1 Å². The van der Waals surface area contributed by atoms with E-state index in [1.807, 2.05) is 35.7 Å². The van der Waals surface area contributed by atoms with Crippen LogP contribution in [0.2, 0.25) is 10.0 Å². The van der Waals surface area contributed by atoms with Crippen molar-refractivity contribution in [2.24, 2.45) is 0 Å². The van der Waals surface area contributed by atoms with Crippen molar-refractivity contribution in [1.29, 1.82) is 5.26 Å². The first-order valence-electron chi connectivity index (χ1n) is 9.87. The van der Waals surface area contributed by atoms with E-state index < -0.39 is 0 Å². The summed E-state index contributed by atoms with van der Waals surface area (Å²) in [6.07, 6.45) is 0. The summed E-state index contributed by atoms with van der Waals surface area (Å²) in [5, 5.41) is 26.0. The van der Waals surface area contributed by atoms with Gasteiger partial charge in [-0.05, 0) is 47.2 Å². The SMILES string of the molecule is N#CC(=C(O)c1ccc(-c2ccc(Cl)cc2Cl)o1)c1nc(-c2ccc3ccccc3c2)cs1. The predicted molar refractivity (Wildman–Crippen MR) is 134 cm³/mol. The molecule has 3 aromatic carbocycles. The molecule has 33 heavy (non-hydrogen) atoms. The average molecular weight is 489 g/mol. The van der Waals surface area contributed by atoms with Crippen LogP contribution in [0, 0.1) is 11.3 Å². The Balaban J connectivity index is 1.50. The van der Waals surface area contributed by atoms with Gasteiger partial charge in [0.25, 0.3) is 0 Å². The summed E-state index contributed by atoms with van der Waals surface area (Å²) in [6.45, 7) is 0. The van der Waals surface area contributed by atoms with Crippen LogP contribution in [0.4, 0.5) is 0 Å². The number of thiazole rings is 1. The molecule has 0 unspecified atom stereocenters. The van der Waals surface area contributed by atoms with Gasteiger partial charge >= 0.3 is 0 Å². The van der Waals surface area contributed by atoms with Crippen molar-refractivity contribution in [3.63, 3.8) is 0 Å². The third-order valence-electron chi connectivity index (χ3n) is 5.15. The first kappa shape index (κ1) is 21.3. The van der Waals surface area contributed by atoms with E-state index in [1.54, 1.807) is 30.3 Å². The monoisotopic (exact) mass is 488 g/mol. The molecule has 0 saturated heterocycles. The Labute approximate surface area is 203 Å². The topological polar surface area (TPSA) is 70.0 Å². The third kappa shape index (κ3) is 4.12. The highest BCUT2D eigenvalue weighted by Gasteiger charge is 2.19. The van der Waals surface area contributed by atoms with E-state index in [9.17, 15) is 10.4 Å². The lowest BCUT2D eigenvalue weighted by molar-refractivity contribution is 0.466. The zero-order chi connectivity index (χ0) is 22.9. The molecule has 2 heterocycles. The van der Waals surface area contributed by atoms with Crippen LogP contribution in [0.25, 0.3) is 44.7 Å². The van der Waals surface area contributed by atoms with Crippen molar-refractivity contribution in [1.82, 2.24) is 4.98 Å². The first-order valence-corrected chi connectivity index (χ1v) is 11.5. The molecular weight excluding hydrogens is 475 g/mol. The van der Waals surface area contributed by atoms with Gasteiger partial charge in [0.2, 0.25) is 0 Å². The number of allylic oxidation sites excluding steroid dienone is 1. The van der Waals surface area contributed by atoms with E-state index in [0.717, 1.165) is 22.0 Å². The maximum Gasteiger partial charge on any atom is 0.179 e. The minimum Gasteiger partial charge on any atom is -0.503 e. The molecule has 0 bridgehead atoms. The van der Waals surface area contributed by atoms with Gasteiger partial charge in [0, 0.05) is 21.5 Å². The van der Waals surface area contributed by atoms with Gasteiger partial charge in [-0.1, -0.05) is 59.6 Å². The highest BCUT2D eigenvalue weighted by Crippen LogP contribution is 2.35. The summed E-state index contributed by atoms with van der Waals surface area (Å²) in [4.78, 5) is 4.59. The van der Waals surface area contributed by atoms with E-state index in [4.69, 9.17) is 27.6 Å². The van der Waals surface area contributed by atoms with Gasteiger partial charge in [0.05, 0.1) is 10.7 Å². The molecule has 0 amide bonds. The van der Waals surface area contributed by atoms with Crippen LogP contribution in [0.1, 0.15) is 10.8 Å². The van der Waals surface area contributed by atoms with Crippen LogP contribution in [0.15, 0.2) is 82.6 Å². The molecule has 4 nitrogen and oxygen atoms in total. The number of aliphatic hydroxyl groups excluding tert-OH is 1. The molecule has 1 N–H and O–H groups in total. The van der Waals surface area contributed by atoms with Crippen LogP contribution >= 0.6 is 34.5 Å². The molecule has 0 aliphatic carbocycles. The zero-order valence-corrected chi connectivity index (χ0v) is 19.2. The van der Waals surface area contributed by atoms with Crippen LogP contribution in [0.5, 0.6) is 0 Å². The van der Waals surface area contributed by atoms with Gasteiger partial charge in [0.1, 0.15) is 22.4 Å². The second-order valence-corrected chi connectivity index (χ2v) is 8.93. The Hall–Kier alpha value is -3.56. The number of hydrogen-bond donors (Lipinski definition) is 1. The number of nitriles is 1. The Bertz CT molecular complexity index is 1580. The lowest BCUT2D eigenvalue weighted by Crippen LogP contribution is -1.89. The molecule has 0 saturated carbocycles. The van der Waals surface area contributed by atoms with Gasteiger partial charge in [0.15, 0.2) is 11.5 Å². The maximum absolute atomic E-state index is 10.8. The smallest absolute Gasteiger partial charge is 0.179 e. The molecule has 0 radical (unpaired) electrons. The minimum absolute atomic E-state index is 0.0372. The highest BCUT2D eigenvalue weighted by atomic mass is 35.5. The summed E-state index contributed by atoms with van der Waals surface area (Å²) in [5.41, 5.74) is 2.33. The second-order valence-electron chi connectivity index (χ2n) is 7.22. The highest BCUT2D eigenvalue weighted by molar-refractivity contribution is 7.11. The molecule has 0 fully saturated rings. The zero-order valence-electron chi connectivity index (χ0n) is 16.9. The summed E-state index contributed by atoms with van der Waals surface area (Å²) < 4.78 is 5.79. The number of aromatic nitrogens is 1. The quantitative estimate of drug-likeness (QED) is 0.203. The van der Waals surface area contributed by atoms with Crippen LogP contribution in [0.3, 0.4) is 0 Å². The second kappa shape index (κ2) is 8.76. The van der Waals surface area contributed by atoms with Crippen molar-refractivity contribution in [3.05, 3.63) is 99.0 Å². The summed E-state index contributed by atoms with van der Waals surface area (Å²) in [7, 11) is 0. The van der Waals surface area contributed by atoms with Gasteiger partial charge in [-0.3, -0.25) is 0 Å². The average Bonchev–Trinajstić information content (AvgIpc) is 3.50. The van der Waals surface area contributed by atoms with Gasteiger partial charge in [-0.25, -0.2) is 4.98 Å². The lowest BCUT2D eigenvalue weighted by atomic mass is 10.1. The van der Waals surface area contributed by atoms with Gasteiger partial charge in [-0.15, -0.1) is 11.3 Å². The van der Waals surface area contributed by atoms with Crippen molar-refractivity contribution >= 4 is 56.6 Å². The number of rotatable bonds is 4. The fraction of sp³-hybridized carbons (Fsp3) is 0. The minimum atomic E-state index is -0.284. The number of aliphatic hydroxyl groups is 1. The molecule has 7 heteroatoms. The van der Waals surface area contributed by atoms with Crippen LogP contribution in [-0.4, -0.2) is 10.1 Å². The largest absolute Gasteiger partial charge is 0.503 e. The predicted octanol–water partition coefficient (Wildman–Crippen LogP) is 8.48. The van der Waals surface area contributed by atoms with Gasteiger partial charge in [-0.2, -0.15) is 5.26 Å². The van der Waals surface area contributed by atoms with Crippen LogP contribution < -0.4 is 0 Å². The molecule has 5 rings (SSSR count). The van der Waals surface area contributed by atoms with Crippen molar-refractivity contribution in [3.8, 4) is 28.7 Å². The fourth-order valence-corrected chi connectivity index (χ4v) is 4.82. The molecule has 2 aromatic heterocycles. The standard InChI is InChI=1S/C26H14Cl2N2O2S/c27-18-7-8-19(21(28)12-18)23-9-10-24(32-23)25(31)20(13-29)26-30-22(14-33-26)17-6-5-15-3-1-2-4-16(15)11-17/h1-12,14,31H. The summed E-state index contributed by atoms with van der Waals surface area (Å²) in [5.74, 6) is 0.315. The molecule has 0 aliphatic rings. The third-order valence-corrected chi connectivity index (χ3v) is 6.56. The summed E-state index contributed by atoms with van der Waals surface area (Å²) >= 11 is 13.5. The molecule has 5 aromatic rings. The maximum atomic E-state index is 10.8. The Kier molecular flexibility index (Phi) is 5.65. The molecular formula is C26H14Cl2N2O2S. The van der Waals surface area contributed by atoms with Crippen molar-refractivity contribution in [2.75, 3.05) is 0 Å². The molecule has 160 valence electrons. The van der Waals surface area contributed by atoms with Gasteiger partial charge < -0.3 is 9.52 Å². The fourth-order valence-electron chi connectivity index (χ4n) is 3.49. The van der Waals surface area contributed by atoms with E-state index in [0.29, 0.717) is 26.4 Å². The summed E-state index contributed by atoms with van der Waals surface area (Å²) in [6, 6.07) is 24.5. The van der Waals surface area contributed by atoms with Crippen molar-refractivity contribution in [2.45, 2.75) is 0 Å². The number of halogens is 2. The van der Waals surface area contributed by atoms with E-state index in [1.165, 1.54) is 11.3 Å². The number of furan rings is 1. The van der Waals surface area contributed by atoms with E-state index in [2.05, 4.69) is 23.2 Å². The molecule has 0 spiro atoms. The number of benzene rings is 3. The Morgan fingerprint density at radius 2 is 1.79 bits per heavy atom. The number of hydrogen-bond acceptors (Lipinski definition) is 5. The number of nitrogens with zero attached hydrogens (tertiary/aromatic N) is 2. The Morgan fingerprint density at radius 3 is 2.58 bits per heavy atom. The van der Waals surface area contributed by atoms with Crippen molar-refractivity contribution < 1.29 is 9.52 Å². The Morgan fingerprint density at radius 1 is 0.970 bits per heavy atom. The van der Waals surface area contributed by atoms with E-state index >= 15 is 0 Å². The number of fused-ring (bicyclic) bond motifs is 1. The lowest BCUT2D eigenvalue weighted by Gasteiger charge is -2.02. The normalized spacial score (nSPS) is 11.9. The molecule has 0 atom stereocenters. The first-order chi connectivity index (χ1) is 16.0.